The van der Waals surface area contributed by atoms with Crippen molar-refractivity contribution in [3.8, 4) is 11.3 Å². The van der Waals surface area contributed by atoms with E-state index < -0.39 is 11.7 Å². The van der Waals surface area contributed by atoms with Gasteiger partial charge in [-0.3, -0.25) is 0 Å². The summed E-state index contributed by atoms with van der Waals surface area (Å²) in [6.45, 7) is 2.08. The number of nitrogens with one attached hydrogen (secondary N) is 2. The van der Waals surface area contributed by atoms with E-state index in [9.17, 15) is 13.2 Å². The molecule has 10 heteroatoms. The Morgan fingerprint density at radius 1 is 1.09 bits per heavy atom. The molecule has 33 heavy (non-hydrogen) atoms. The van der Waals surface area contributed by atoms with Crippen LogP contribution < -0.4 is 5.43 Å². The first-order chi connectivity index (χ1) is 15.9. The Balaban J connectivity index is 1.33. The lowest BCUT2D eigenvalue weighted by Crippen LogP contribution is -2.04. The van der Waals surface area contributed by atoms with Crippen molar-refractivity contribution in [2.24, 2.45) is 5.10 Å². The van der Waals surface area contributed by atoms with Gasteiger partial charge in [0.1, 0.15) is 17.0 Å². The molecule has 2 N–H and O–H groups in total. The van der Waals surface area contributed by atoms with Crippen molar-refractivity contribution in [2.45, 2.75) is 19.5 Å². The molecule has 2 aromatic carbocycles. The van der Waals surface area contributed by atoms with E-state index in [2.05, 4.69) is 43.7 Å². The van der Waals surface area contributed by atoms with Crippen molar-refractivity contribution >= 4 is 34.2 Å². The van der Waals surface area contributed by atoms with Crippen molar-refractivity contribution in [1.82, 2.24) is 20.2 Å². The van der Waals surface area contributed by atoms with E-state index in [-0.39, 0.29) is 5.95 Å². The number of fused-ring (bicyclic) bond motifs is 3. The Kier molecular flexibility index (Phi) is 5.04. The highest BCUT2D eigenvalue weighted by molar-refractivity contribution is 6.03. The van der Waals surface area contributed by atoms with Crippen molar-refractivity contribution in [3.05, 3.63) is 71.5 Å². The third kappa shape index (κ3) is 4.14. The average molecular weight is 450 g/mol. The van der Waals surface area contributed by atoms with Gasteiger partial charge < -0.3 is 9.40 Å². The minimum atomic E-state index is -4.42. The summed E-state index contributed by atoms with van der Waals surface area (Å²) in [5, 5.41) is 13.3. The summed E-state index contributed by atoms with van der Waals surface area (Å²) in [7, 11) is 0. The monoisotopic (exact) mass is 450 g/mol. The number of rotatable bonds is 5. The highest BCUT2D eigenvalue weighted by Crippen LogP contribution is 2.32. The number of aromatic nitrogens is 4. The van der Waals surface area contributed by atoms with Gasteiger partial charge in [-0.2, -0.15) is 23.3 Å². The van der Waals surface area contributed by atoms with Crippen LogP contribution in [0.5, 0.6) is 0 Å². The SMILES string of the molecule is CCc1ccc2[nH]c3nc(N/N=C/c4ccc(-c5cccc(C(F)(F)F)c5)o4)nnc3c2c1. The first-order valence-electron chi connectivity index (χ1n) is 10.1. The Hall–Kier alpha value is -4.21. The summed E-state index contributed by atoms with van der Waals surface area (Å²) in [5.41, 5.74) is 5.63. The molecule has 3 aromatic heterocycles. The quantitative estimate of drug-likeness (QED) is 0.261. The van der Waals surface area contributed by atoms with Gasteiger partial charge in [-0.15, -0.1) is 10.2 Å². The number of furan rings is 1. The number of hydrogen-bond acceptors (Lipinski definition) is 6. The fourth-order valence-corrected chi connectivity index (χ4v) is 3.47. The predicted octanol–water partition coefficient (Wildman–Crippen LogP) is 5.79. The number of H-pyrrole nitrogens is 1. The minimum absolute atomic E-state index is 0.186. The molecule has 0 fully saturated rings. The first kappa shape index (κ1) is 20.7. The number of benzene rings is 2. The van der Waals surface area contributed by atoms with Gasteiger partial charge in [0.25, 0.3) is 5.95 Å². The predicted molar refractivity (Wildman–Crippen MR) is 119 cm³/mol. The van der Waals surface area contributed by atoms with Crippen LogP contribution in [0.4, 0.5) is 19.1 Å². The Morgan fingerprint density at radius 3 is 2.79 bits per heavy atom. The molecule has 5 rings (SSSR count). The molecule has 0 aliphatic rings. The van der Waals surface area contributed by atoms with Crippen LogP contribution in [0.1, 0.15) is 23.8 Å². The van der Waals surface area contributed by atoms with E-state index in [1.165, 1.54) is 17.8 Å². The smallest absolute Gasteiger partial charge is 0.416 e. The van der Waals surface area contributed by atoms with Gasteiger partial charge in [0, 0.05) is 16.5 Å². The molecule has 3 heterocycles. The minimum Gasteiger partial charge on any atom is -0.455 e. The second kappa shape index (κ2) is 8.05. The van der Waals surface area contributed by atoms with Gasteiger partial charge in [0.15, 0.2) is 5.65 Å². The van der Waals surface area contributed by atoms with E-state index in [0.717, 1.165) is 29.5 Å². The summed E-state index contributed by atoms with van der Waals surface area (Å²) >= 11 is 0. The van der Waals surface area contributed by atoms with Crippen LogP contribution in [0.2, 0.25) is 0 Å². The lowest BCUT2D eigenvalue weighted by Gasteiger charge is -2.07. The first-order valence-corrected chi connectivity index (χ1v) is 10.1. The molecule has 5 aromatic rings. The largest absolute Gasteiger partial charge is 0.455 e. The van der Waals surface area contributed by atoms with Gasteiger partial charge in [-0.25, -0.2) is 5.43 Å². The summed E-state index contributed by atoms with van der Waals surface area (Å²) in [6, 6.07) is 14.2. The number of alkyl halides is 3. The van der Waals surface area contributed by atoms with Gasteiger partial charge in [-0.05, 0) is 48.4 Å². The third-order valence-electron chi connectivity index (χ3n) is 5.14. The number of nitrogens with zero attached hydrogens (tertiary/aromatic N) is 4. The number of halogens is 3. The van der Waals surface area contributed by atoms with Crippen LogP contribution in [-0.2, 0) is 12.6 Å². The van der Waals surface area contributed by atoms with Crippen LogP contribution in [0, 0.1) is 0 Å². The number of hydrogen-bond donors (Lipinski definition) is 2. The zero-order valence-corrected chi connectivity index (χ0v) is 17.3. The standard InChI is InChI=1S/C23H17F3N6O/c1-2-13-6-8-18-17(10-13)20-21(28-18)29-22(32-30-20)31-27-12-16-7-9-19(33-16)14-4-3-5-15(11-14)23(24,25)26/h3-12H,2H2,1H3,(H2,28,29,31,32)/b27-12+. The van der Waals surface area contributed by atoms with E-state index in [0.29, 0.717) is 28.2 Å². The highest BCUT2D eigenvalue weighted by Gasteiger charge is 2.30. The Morgan fingerprint density at radius 2 is 1.97 bits per heavy atom. The van der Waals surface area contributed by atoms with Crippen molar-refractivity contribution in [2.75, 3.05) is 5.43 Å². The normalized spacial score (nSPS) is 12.2. The topological polar surface area (TPSA) is 92.0 Å². The van der Waals surface area contributed by atoms with Crippen LogP contribution >= 0.6 is 0 Å². The maximum absolute atomic E-state index is 12.9. The third-order valence-corrected chi connectivity index (χ3v) is 5.14. The van der Waals surface area contributed by atoms with Gasteiger partial charge >= 0.3 is 6.18 Å². The summed E-state index contributed by atoms with van der Waals surface area (Å²) < 4.78 is 44.4. The Labute approximate surface area is 185 Å². The molecule has 0 aliphatic heterocycles. The zero-order chi connectivity index (χ0) is 23.0. The molecule has 0 aliphatic carbocycles. The maximum Gasteiger partial charge on any atom is 0.416 e. The molecule has 7 nitrogen and oxygen atoms in total. The van der Waals surface area contributed by atoms with Crippen LogP contribution in [0.15, 0.2) is 64.1 Å². The molecule has 0 unspecified atom stereocenters. The molecule has 0 saturated carbocycles. The number of anilines is 1. The van der Waals surface area contributed by atoms with Crippen LogP contribution in [0.3, 0.4) is 0 Å². The molecule has 0 amide bonds. The number of hydrazone groups is 1. The number of aromatic amines is 1. The second-order valence-electron chi connectivity index (χ2n) is 7.34. The fraction of sp³-hybridized carbons (Fsp3) is 0.130. The molecule has 0 spiro atoms. The summed E-state index contributed by atoms with van der Waals surface area (Å²) in [6.07, 6.45) is -2.13. The summed E-state index contributed by atoms with van der Waals surface area (Å²) in [5.74, 6) is 0.832. The highest BCUT2D eigenvalue weighted by atomic mass is 19.4. The van der Waals surface area contributed by atoms with Crippen LogP contribution in [0.25, 0.3) is 33.4 Å². The van der Waals surface area contributed by atoms with E-state index in [1.54, 1.807) is 18.2 Å². The van der Waals surface area contributed by atoms with Crippen molar-refractivity contribution < 1.29 is 17.6 Å². The molecule has 0 radical (unpaired) electrons. The van der Waals surface area contributed by atoms with Crippen molar-refractivity contribution in [3.63, 3.8) is 0 Å². The fourth-order valence-electron chi connectivity index (χ4n) is 3.47. The Bertz CT molecular complexity index is 1480. The van der Waals surface area contributed by atoms with Gasteiger partial charge in [0.05, 0.1) is 11.8 Å². The lowest BCUT2D eigenvalue weighted by atomic mass is 10.1. The molecule has 0 atom stereocenters. The van der Waals surface area contributed by atoms with E-state index in [1.807, 2.05) is 12.1 Å². The lowest BCUT2D eigenvalue weighted by molar-refractivity contribution is -0.137. The molecular formula is C23H17F3N6O. The maximum atomic E-state index is 12.9. The second-order valence-corrected chi connectivity index (χ2v) is 7.34. The van der Waals surface area contributed by atoms with E-state index in [4.69, 9.17) is 4.42 Å². The molecular weight excluding hydrogens is 433 g/mol. The number of aryl methyl sites for hydroxylation is 1. The van der Waals surface area contributed by atoms with Gasteiger partial charge in [-0.1, -0.05) is 25.1 Å². The average Bonchev–Trinajstić information content (AvgIpc) is 3.42. The van der Waals surface area contributed by atoms with Crippen molar-refractivity contribution in [1.29, 1.82) is 0 Å². The van der Waals surface area contributed by atoms with E-state index >= 15 is 0 Å². The van der Waals surface area contributed by atoms with Gasteiger partial charge in [0.2, 0.25) is 0 Å². The molecule has 0 saturated heterocycles. The summed E-state index contributed by atoms with van der Waals surface area (Å²) in [4.78, 5) is 7.60. The molecule has 0 bridgehead atoms. The van der Waals surface area contributed by atoms with Crippen LogP contribution in [-0.4, -0.2) is 26.4 Å². The molecule has 166 valence electrons. The zero-order valence-electron chi connectivity index (χ0n) is 17.3.